The summed E-state index contributed by atoms with van der Waals surface area (Å²) in [5.41, 5.74) is -1.43. The van der Waals surface area contributed by atoms with Gasteiger partial charge in [0, 0.05) is 13.1 Å². The van der Waals surface area contributed by atoms with Gasteiger partial charge < -0.3 is 9.88 Å². The standard InChI is InChI=1S/C9H15FN4/c1-9(10,7-4-3-5-11-7)8-13-12-6-14(8)2/h6-7,11H,3-5H2,1-2H3. The van der Waals surface area contributed by atoms with Gasteiger partial charge in [0.05, 0.1) is 0 Å². The molecular weight excluding hydrogens is 183 g/mol. The van der Waals surface area contributed by atoms with E-state index in [0.717, 1.165) is 19.4 Å². The quantitative estimate of drug-likeness (QED) is 0.762. The minimum absolute atomic E-state index is 0.134. The molecule has 0 aromatic carbocycles. The fraction of sp³-hybridized carbons (Fsp3) is 0.778. The van der Waals surface area contributed by atoms with Gasteiger partial charge in [-0.05, 0) is 26.3 Å². The Morgan fingerprint density at radius 1 is 1.71 bits per heavy atom. The van der Waals surface area contributed by atoms with Crippen LogP contribution >= 0.6 is 0 Å². The van der Waals surface area contributed by atoms with Crippen molar-refractivity contribution in [2.45, 2.75) is 31.5 Å². The van der Waals surface area contributed by atoms with Gasteiger partial charge in [0.15, 0.2) is 11.5 Å². The topological polar surface area (TPSA) is 42.7 Å². The van der Waals surface area contributed by atoms with E-state index in [1.54, 1.807) is 18.5 Å². The summed E-state index contributed by atoms with van der Waals surface area (Å²) < 4.78 is 16.1. The zero-order chi connectivity index (χ0) is 10.2. The number of aryl methyl sites for hydroxylation is 1. The van der Waals surface area contributed by atoms with E-state index in [4.69, 9.17) is 0 Å². The summed E-state index contributed by atoms with van der Waals surface area (Å²) in [5.74, 6) is 0.400. The van der Waals surface area contributed by atoms with Crippen molar-refractivity contribution in [1.82, 2.24) is 20.1 Å². The largest absolute Gasteiger partial charge is 0.318 e. The number of nitrogens with zero attached hydrogens (tertiary/aromatic N) is 3. The normalized spacial score (nSPS) is 26.4. The molecule has 1 fully saturated rings. The molecule has 0 aliphatic carbocycles. The number of nitrogens with one attached hydrogen (secondary N) is 1. The molecule has 1 aromatic heterocycles. The zero-order valence-corrected chi connectivity index (χ0v) is 8.50. The Balaban J connectivity index is 2.26. The van der Waals surface area contributed by atoms with Crippen molar-refractivity contribution >= 4 is 0 Å². The van der Waals surface area contributed by atoms with Gasteiger partial charge >= 0.3 is 0 Å². The molecule has 1 aromatic rings. The van der Waals surface area contributed by atoms with Gasteiger partial charge in [-0.15, -0.1) is 10.2 Å². The molecule has 0 bridgehead atoms. The van der Waals surface area contributed by atoms with Gasteiger partial charge in [0.1, 0.15) is 6.33 Å². The van der Waals surface area contributed by atoms with Crippen LogP contribution < -0.4 is 5.32 Å². The smallest absolute Gasteiger partial charge is 0.182 e. The summed E-state index contributed by atoms with van der Waals surface area (Å²) in [6.45, 7) is 2.46. The third-order valence-electron chi connectivity index (χ3n) is 2.86. The fourth-order valence-electron chi connectivity index (χ4n) is 2.03. The lowest BCUT2D eigenvalue weighted by molar-refractivity contribution is 0.121. The number of hydrogen-bond acceptors (Lipinski definition) is 3. The molecule has 4 nitrogen and oxygen atoms in total. The van der Waals surface area contributed by atoms with Gasteiger partial charge in [0.25, 0.3) is 0 Å². The average molecular weight is 198 g/mol. The van der Waals surface area contributed by atoms with Crippen LogP contribution in [0, 0.1) is 0 Å². The van der Waals surface area contributed by atoms with E-state index >= 15 is 0 Å². The second-order valence-corrected chi connectivity index (χ2v) is 3.99. The summed E-state index contributed by atoms with van der Waals surface area (Å²) in [5, 5.41) is 10.7. The van der Waals surface area contributed by atoms with Gasteiger partial charge in [-0.3, -0.25) is 0 Å². The molecule has 0 amide bonds. The van der Waals surface area contributed by atoms with Crippen LogP contribution in [-0.2, 0) is 12.7 Å². The van der Waals surface area contributed by atoms with Gasteiger partial charge in [-0.2, -0.15) is 0 Å². The molecule has 1 aliphatic rings. The molecule has 1 aliphatic heterocycles. The van der Waals surface area contributed by atoms with Crippen LogP contribution in [0.15, 0.2) is 6.33 Å². The Labute approximate surface area is 82.5 Å². The second-order valence-electron chi connectivity index (χ2n) is 3.99. The highest BCUT2D eigenvalue weighted by Crippen LogP contribution is 2.31. The lowest BCUT2D eigenvalue weighted by Gasteiger charge is -2.26. The van der Waals surface area contributed by atoms with Crippen LogP contribution in [-0.4, -0.2) is 27.4 Å². The molecule has 78 valence electrons. The Hall–Kier alpha value is -0.970. The minimum Gasteiger partial charge on any atom is -0.318 e. The van der Waals surface area contributed by atoms with Crippen LogP contribution in [0.3, 0.4) is 0 Å². The highest BCUT2D eigenvalue weighted by molar-refractivity contribution is 5.06. The SMILES string of the molecule is Cn1cnnc1C(C)(F)C1CCCN1. The van der Waals surface area contributed by atoms with Gasteiger partial charge in [0.2, 0.25) is 0 Å². The van der Waals surface area contributed by atoms with E-state index in [-0.39, 0.29) is 6.04 Å². The Kier molecular flexibility index (Phi) is 2.26. The first-order valence-corrected chi connectivity index (χ1v) is 4.89. The molecular formula is C9H15FN4. The number of halogens is 1. The summed E-state index contributed by atoms with van der Waals surface area (Å²) >= 11 is 0. The fourth-order valence-corrected chi connectivity index (χ4v) is 2.03. The highest BCUT2D eigenvalue weighted by Gasteiger charge is 2.41. The first kappa shape index (κ1) is 9.58. The van der Waals surface area contributed by atoms with Crippen LogP contribution in [0.2, 0.25) is 0 Å². The first-order chi connectivity index (χ1) is 6.62. The number of alkyl halides is 1. The van der Waals surface area contributed by atoms with Crippen molar-refractivity contribution in [3.8, 4) is 0 Å². The van der Waals surface area contributed by atoms with E-state index < -0.39 is 5.67 Å². The molecule has 2 atom stereocenters. The molecule has 1 N–H and O–H groups in total. The lowest BCUT2D eigenvalue weighted by atomic mass is 9.96. The molecule has 1 saturated heterocycles. The first-order valence-electron chi connectivity index (χ1n) is 4.89. The number of aromatic nitrogens is 3. The molecule has 5 heteroatoms. The maximum Gasteiger partial charge on any atom is 0.182 e. The van der Waals surface area contributed by atoms with Crippen LogP contribution in [0.1, 0.15) is 25.6 Å². The lowest BCUT2D eigenvalue weighted by Crippen LogP contribution is -2.41. The molecule has 2 unspecified atom stereocenters. The molecule has 0 saturated carbocycles. The monoisotopic (exact) mass is 198 g/mol. The van der Waals surface area contributed by atoms with Crippen molar-refractivity contribution in [3.05, 3.63) is 12.2 Å². The van der Waals surface area contributed by atoms with Crippen molar-refractivity contribution in [3.63, 3.8) is 0 Å². The van der Waals surface area contributed by atoms with Gasteiger partial charge in [-0.25, -0.2) is 4.39 Å². The van der Waals surface area contributed by atoms with Crippen LogP contribution in [0.4, 0.5) is 4.39 Å². The third-order valence-corrected chi connectivity index (χ3v) is 2.86. The third kappa shape index (κ3) is 1.41. The van der Waals surface area contributed by atoms with E-state index in [1.807, 2.05) is 0 Å². The van der Waals surface area contributed by atoms with E-state index in [0.29, 0.717) is 5.82 Å². The van der Waals surface area contributed by atoms with E-state index in [9.17, 15) is 4.39 Å². The van der Waals surface area contributed by atoms with E-state index in [2.05, 4.69) is 15.5 Å². The van der Waals surface area contributed by atoms with Crippen molar-refractivity contribution < 1.29 is 4.39 Å². The summed E-state index contributed by atoms with van der Waals surface area (Å²) in [7, 11) is 1.77. The van der Waals surface area contributed by atoms with Crippen molar-refractivity contribution in [2.75, 3.05) is 6.54 Å². The van der Waals surface area contributed by atoms with Crippen molar-refractivity contribution in [2.24, 2.45) is 7.05 Å². The minimum atomic E-state index is -1.43. The average Bonchev–Trinajstić information content (AvgIpc) is 2.72. The van der Waals surface area contributed by atoms with Crippen LogP contribution in [0.5, 0.6) is 0 Å². The number of hydrogen-bond donors (Lipinski definition) is 1. The Morgan fingerprint density at radius 2 is 2.50 bits per heavy atom. The summed E-state index contributed by atoms with van der Waals surface area (Å²) in [6, 6.07) is -0.134. The van der Waals surface area contributed by atoms with Crippen molar-refractivity contribution in [1.29, 1.82) is 0 Å². The molecule has 2 rings (SSSR count). The number of rotatable bonds is 2. The molecule has 2 heterocycles. The predicted octanol–water partition coefficient (Wildman–Crippen LogP) is 0.752. The molecule has 0 radical (unpaired) electrons. The maximum atomic E-state index is 14.4. The molecule has 14 heavy (non-hydrogen) atoms. The molecule has 0 spiro atoms. The predicted molar refractivity (Wildman–Crippen MR) is 50.5 cm³/mol. The van der Waals surface area contributed by atoms with E-state index in [1.165, 1.54) is 6.33 Å². The Morgan fingerprint density at radius 3 is 3.00 bits per heavy atom. The highest BCUT2D eigenvalue weighted by atomic mass is 19.1. The van der Waals surface area contributed by atoms with Crippen LogP contribution in [0.25, 0.3) is 0 Å². The zero-order valence-electron chi connectivity index (χ0n) is 8.50. The van der Waals surface area contributed by atoms with Gasteiger partial charge in [-0.1, -0.05) is 0 Å². The second kappa shape index (κ2) is 3.31. The summed E-state index contributed by atoms with van der Waals surface area (Å²) in [4.78, 5) is 0. The maximum absolute atomic E-state index is 14.4. The summed E-state index contributed by atoms with van der Waals surface area (Å²) in [6.07, 6.45) is 3.42. The Bertz CT molecular complexity index is 314.